The van der Waals surface area contributed by atoms with Crippen molar-refractivity contribution >= 4 is 23.2 Å². The second kappa shape index (κ2) is 5.21. The van der Waals surface area contributed by atoms with Gasteiger partial charge in [0.05, 0.1) is 22.7 Å². The van der Waals surface area contributed by atoms with Gasteiger partial charge in [-0.05, 0) is 18.7 Å². The van der Waals surface area contributed by atoms with Crippen LogP contribution in [0.25, 0.3) is 0 Å². The molecule has 0 amide bonds. The highest BCUT2D eigenvalue weighted by atomic mass is 35.5. The summed E-state index contributed by atoms with van der Waals surface area (Å²) in [5.74, 6) is 0. The Morgan fingerprint density at radius 3 is 2.79 bits per heavy atom. The Bertz CT molecular complexity index is 358. The lowest BCUT2D eigenvalue weighted by atomic mass is 10.2. The van der Waals surface area contributed by atoms with Crippen LogP contribution < -0.4 is 0 Å². The third kappa shape index (κ3) is 2.88. The van der Waals surface area contributed by atoms with E-state index < -0.39 is 0 Å². The third-order valence-electron chi connectivity index (χ3n) is 1.81. The maximum atomic E-state index is 8.49. The molecule has 74 valence electrons. The molecule has 0 fully saturated rings. The van der Waals surface area contributed by atoms with Crippen molar-refractivity contribution in [1.29, 1.82) is 5.26 Å². The Kier molecular flexibility index (Phi) is 4.21. The molecule has 0 saturated carbocycles. The van der Waals surface area contributed by atoms with Gasteiger partial charge in [0.1, 0.15) is 0 Å². The van der Waals surface area contributed by atoms with Gasteiger partial charge in [-0.2, -0.15) is 5.26 Å². The molecule has 0 radical (unpaired) electrons. The van der Waals surface area contributed by atoms with Crippen LogP contribution in [-0.2, 0) is 6.54 Å². The fourth-order valence-corrected chi connectivity index (χ4v) is 1.52. The van der Waals surface area contributed by atoms with Crippen molar-refractivity contribution in [2.75, 3.05) is 13.6 Å². The second-order valence-corrected chi connectivity index (χ2v) is 3.83. The molecule has 0 atom stereocenters. The molecule has 4 heteroatoms. The van der Waals surface area contributed by atoms with E-state index in [9.17, 15) is 0 Å². The molecule has 0 aliphatic rings. The minimum Gasteiger partial charge on any atom is -0.289 e. The van der Waals surface area contributed by atoms with Gasteiger partial charge in [-0.3, -0.25) is 4.90 Å². The average molecular weight is 229 g/mol. The van der Waals surface area contributed by atoms with E-state index in [1.54, 1.807) is 6.07 Å². The van der Waals surface area contributed by atoms with E-state index >= 15 is 0 Å². The molecule has 0 bridgehead atoms. The number of benzene rings is 1. The molecule has 0 aliphatic carbocycles. The number of halogens is 2. The van der Waals surface area contributed by atoms with E-state index in [0.29, 0.717) is 23.1 Å². The molecule has 0 spiro atoms. The molecule has 0 aromatic heterocycles. The molecular weight excluding hydrogens is 219 g/mol. The fourth-order valence-electron chi connectivity index (χ4n) is 1.14. The molecule has 1 rings (SSSR count). The highest BCUT2D eigenvalue weighted by Gasteiger charge is 2.06. The lowest BCUT2D eigenvalue weighted by molar-refractivity contribution is 0.367. The van der Waals surface area contributed by atoms with Crippen molar-refractivity contribution in [3.05, 3.63) is 33.8 Å². The summed E-state index contributed by atoms with van der Waals surface area (Å²) in [6.07, 6.45) is 0. The molecule has 1 aromatic rings. The van der Waals surface area contributed by atoms with Crippen molar-refractivity contribution < 1.29 is 0 Å². The quantitative estimate of drug-likeness (QED) is 0.745. The monoisotopic (exact) mass is 228 g/mol. The highest BCUT2D eigenvalue weighted by molar-refractivity contribution is 6.42. The van der Waals surface area contributed by atoms with Crippen LogP contribution in [0.15, 0.2) is 18.2 Å². The Morgan fingerprint density at radius 2 is 2.14 bits per heavy atom. The van der Waals surface area contributed by atoms with Gasteiger partial charge in [0, 0.05) is 6.54 Å². The molecule has 0 saturated heterocycles. The Balaban J connectivity index is 2.77. The molecular formula is C10H10Cl2N2. The largest absolute Gasteiger partial charge is 0.289 e. The molecule has 0 N–H and O–H groups in total. The summed E-state index contributed by atoms with van der Waals surface area (Å²) < 4.78 is 0. The summed E-state index contributed by atoms with van der Waals surface area (Å²) in [6, 6.07) is 7.58. The van der Waals surface area contributed by atoms with Crippen LogP contribution in [0.2, 0.25) is 10.0 Å². The maximum absolute atomic E-state index is 8.49. The summed E-state index contributed by atoms with van der Waals surface area (Å²) in [5.41, 5.74) is 0.942. The van der Waals surface area contributed by atoms with Crippen LogP contribution in [0.4, 0.5) is 0 Å². The first kappa shape index (κ1) is 11.3. The first-order valence-electron chi connectivity index (χ1n) is 4.13. The van der Waals surface area contributed by atoms with E-state index in [0.717, 1.165) is 5.56 Å². The smallest absolute Gasteiger partial charge is 0.0866 e. The number of nitriles is 1. The first-order valence-corrected chi connectivity index (χ1v) is 4.89. The Hall–Kier alpha value is -0.750. The Labute approximate surface area is 93.7 Å². The zero-order valence-electron chi connectivity index (χ0n) is 7.80. The standard InChI is InChI=1S/C10H10Cl2N2/c1-14(6-5-13)7-8-3-2-4-9(11)10(8)12/h2-4H,6-7H2,1H3. The lowest BCUT2D eigenvalue weighted by Crippen LogP contribution is -2.17. The summed E-state index contributed by atoms with van der Waals surface area (Å²) in [6.45, 7) is 1.01. The topological polar surface area (TPSA) is 27.0 Å². The van der Waals surface area contributed by atoms with Crippen LogP contribution in [0, 0.1) is 11.3 Å². The minimum absolute atomic E-state index is 0.378. The number of hydrogen-bond acceptors (Lipinski definition) is 2. The van der Waals surface area contributed by atoms with Gasteiger partial charge in [0.15, 0.2) is 0 Å². The van der Waals surface area contributed by atoms with Crippen molar-refractivity contribution in [3.8, 4) is 6.07 Å². The predicted molar refractivity (Wildman–Crippen MR) is 58.4 cm³/mol. The maximum Gasteiger partial charge on any atom is 0.0866 e. The van der Waals surface area contributed by atoms with Gasteiger partial charge in [0.2, 0.25) is 0 Å². The van der Waals surface area contributed by atoms with Crippen LogP contribution in [0.1, 0.15) is 5.56 Å². The van der Waals surface area contributed by atoms with Crippen molar-refractivity contribution in [1.82, 2.24) is 4.90 Å². The van der Waals surface area contributed by atoms with Gasteiger partial charge < -0.3 is 0 Å². The molecule has 0 aliphatic heterocycles. The van der Waals surface area contributed by atoms with Crippen LogP contribution in [-0.4, -0.2) is 18.5 Å². The lowest BCUT2D eigenvalue weighted by Gasteiger charge is -2.13. The van der Waals surface area contributed by atoms with Gasteiger partial charge in [-0.25, -0.2) is 0 Å². The summed E-state index contributed by atoms with van der Waals surface area (Å²) >= 11 is 11.9. The Morgan fingerprint density at radius 1 is 1.43 bits per heavy atom. The van der Waals surface area contributed by atoms with Crippen LogP contribution in [0.3, 0.4) is 0 Å². The SMILES string of the molecule is CN(CC#N)Cc1cccc(Cl)c1Cl. The van der Waals surface area contributed by atoms with Gasteiger partial charge in [-0.1, -0.05) is 35.3 Å². The molecule has 14 heavy (non-hydrogen) atoms. The number of nitrogens with zero attached hydrogens (tertiary/aromatic N) is 2. The van der Waals surface area contributed by atoms with Gasteiger partial charge in [-0.15, -0.1) is 0 Å². The first-order chi connectivity index (χ1) is 6.65. The minimum atomic E-state index is 0.378. The summed E-state index contributed by atoms with van der Waals surface area (Å²) in [4.78, 5) is 1.87. The molecule has 1 aromatic carbocycles. The third-order valence-corrected chi connectivity index (χ3v) is 2.67. The highest BCUT2D eigenvalue weighted by Crippen LogP contribution is 2.26. The van der Waals surface area contributed by atoms with Crippen LogP contribution in [0.5, 0.6) is 0 Å². The van der Waals surface area contributed by atoms with E-state index in [1.165, 1.54) is 0 Å². The van der Waals surface area contributed by atoms with E-state index in [1.807, 2.05) is 24.1 Å². The van der Waals surface area contributed by atoms with Gasteiger partial charge >= 0.3 is 0 Å². The fraction of sp³-hybridized carbons (Fsp3) is 0.300. The van der Waals surface area contributed by atoms with E-state index in [-0.39, 0.29) is 0 Å². The van der Waals surface area contributed by atoms with Crippen molar-refractivity contribution in [2.45, 2.75) is 6.54 Å². The van der Waals surface area contributed by atoms with E-state index in [4.69, 9.17) is 28.5 Å². The number of hydrogen-bond donors (Lipinski definition) is 0. The molecule has 0 heterocycles. The molecule has 2 nitrogen and oxygen atoms in total. The second-order valence-electron chi connectivity index (χ2n) is 3.04. The van der Waals surface area contributed by atoms with Crippen molar-refractivity contribution in [2.24, 2.45) is 0 Å². The summed E-state index contributed by atoms with van der Waals surface area (Å²) in [5, 5.41) is 9.61. The normalized spacial score (nSPS) is 10.2. The number of rotatable bonds is 3. The zero-order chi connectivity index (χ0) is 10.6. The zero-order valence-corrected chi connectivity index (χ0v) is 9.31. The van der Waals surface area contributed by atoms with Gasteiger partial charge in [0.25, 0.3) is 0 Å². The van der Waals surface area contributed by atoms with Crippen LogP contribution >= 0.6 is 23.2 Å². The van der Waals surface area contributed by atoms with Crippen molar-refractivity contribution in [3.63, 3.8) is 0 Å². The van der Waals surface area contributed by atoms with E-state index in [2.05, 4.69) is 6.07 Å². The summed E-state index contributed by atoms with van der Waals surface area (Å²) in [7, 11) is 1.86. The molecule has 0 unspecified atom stereocenters. The average Bonchev–Trinajstić information content (AvgIpc) is 2.13. The predicted octanol–water partition coefficient (Wildman–Crippen LogP) is 2.95.